The zero-order chi connectivity index (χ0) is 22.2. The molecule has 0 bridgehead atoms. The number of aromatic hydroxyl groups is 2. The van der Waals surface area contributed by atoms with Crippen LogP contribution in [0.25, 0.3) is 10.8 Å². The Morgan fingerprint density at radius 3 is 2.03 bits per heavy atom. The summed E-state index contributed by atoms with van der Waals surface area (Å²) >= 11 is 0. The van der Waals surface area contributed by atoms with E-state index in [4.69, 9.17) is 11.5 Å². The molecule has 2 heterocycles. The van der Waals surface area contributed by atoms with Crippen molar-refractivity contribution in [3.63, 3.8) is 0 Å². The van der Waals surface area contributed by atoms with Gasteiger partial charge in [-0.05, 0) is 6.92 Å². The smallest absolute Gasteiger partial charge is 0.256 e. The maximum Gasteiger partial charge on any atom is 0.256 e. The van der Waals surface area contributed by atoms with Crippen LogP contribution in [0, 0.1) is 6.92 Å². The molecule has 0 spiro atoms. The van der Waals surface area contributed by atoms with Gasteiger partial charge in [-0.2, -0.15) is 0 Å². The van der Waals surface area contributed by atoms with Gasteiger partial charge in [0.2, 0.25) is 11.6 Å². The minimum atomic E-state index is -0.705. The van der Waals surface area contributed by atoms with E-state index in [0.29, 0.717) is 5.69 Å². The minimum Gasteiger partial charge on any atom is -0.506 e. The van der Waals surface area contributed by atoms with Gasteiger partial charge >= 0.3 is 0 Å². The van der Waals surface area contributed by atoms with Gasteiger partial charge < -0.3 is 31.6 Å². The molecule has 0 radical (unpaired) electrons. The van der Waals surface area contributed by atoms with Crippen molar-refractivity contribution in [2.45, 2.75) is 19.0 Å². The van der Waals surface area contributed by atoms with E-state index in [2.05, 4.69) is 4.98 Å². The van der Waals surface area contributed by atoms with Gasteiger partial charge in [-0.1, -0.05) is 24.3 Å². The Kier molecular flexibility index (Phi) is 3.98. The molecular formula is C22H20N4O5. The molecule has 2 aromatic carbocycles. The van der Waals surface area contributed by atoms with E-state index < -0.39 is 23.2 Å². The molecule has 0 saturated carbocycles. The second-order valence-electron chi connectivity index (χ2n) is 8.06. The molecule has 1 saturated heterocycles. The van der Waals surface area contributed by atoms with Gasteiger partial charge in [0.1, 0.15) is 11.5 Å². The number of benzene rings is 2. The molecule has 9 heteroatoms. The number of carbonyl (C=O) groups excluding carboxylic acids is 3. The highest BCUT2D eigenvalue weighted by Crippen LogP contribution is 2.45. The number of nitrogens with one attached hydrogen (secondary N) is 1. The van der Waals surface area contributed by atoms with Crippen LogP contribution in [0.15, 0.2) is 24.3 Å². The number of phenolic OH excluding ortho intramolecular Hbond substituents is 2. The number of aryl methyl sites for hydroxylation is 1. The third-order valence-electron chi connectivity index (χ3n) is 6.17. The van der Waals surface area contributed by atoms with Crippen LogP contribution in [-0.2, 0) is 0 Å². The number of hydrogen-bond acceptors (Lipinski definition) is 7. The number of carbonyl (C=O) groups is 3. The van der Waals surface area contributed by atoms with Crippen LogP contribution in [0.1, 0.15) is 48.0 Å². The average molecular weight is 420 g/mol. The highest BCUT2D eigenvalue weighted by molar-refractivity contribution is 6.34. The molecule has 1 fully saturated rings. The molecule has 9 nitrogen and oxygen atoms in total. The first-order chi connectivity index (χ1) is 14.7. The van der Waals surface area contributed by atoms with E-state index >= 15 is 0 Å². The zero-order valence-corrected chi connectivity index (χ0v) is 16.6. The van der Waals surface area contributed by atoms with Crippen LogP contribution in [0.4, 0.5) is 0 Å². The summed E-state index contributed by atoms with van der Waals surface area (Å²) in [6.45, 7) is 2.05. The molecular weight excluding hydrogens is 400 g/mol. The number of nitrogens with zero attached hydrogens (tertiary/aromatic N) is 1. The molecule has 1 aliphatic heterocycles. The van der Waals surface area contributed by atoms with Crippen molar-refractivity contribution in [1.29, 1.82) is 0 Å². The molecule has 1 amide bonds. The van der Waals surface area contributed by atoms with E-state index in [-0.39, 0.29) is 69.6 Å². The van der Waals surface area contributed by atoms with E-state index in [1.54, 1.807) is 31.2 Å². The topological polar surface area (TPSA) is 163 Å². The Balaban J connectivity index is 1.72. The standard InChI is InChI=1S/C22H20N4O5/c1-8-13(22(31)26-6-11(23)12(24)7-26)14-17(25-8)21(30)16-15(20(14)29)18(27)9-4-2-3-5-10(9)19(16)28/h2-5,11-12,25,27-28H,6-7,23-24H2,1H3/t11-,12-/m1/s1. The summed E-state index contributed by atoms with van der Waals surface area (Å²) in [4.78, 5) is 44.3. The third-order valence-corrected chi connectivity index (χ3v) is 6.17. The fourth-order valence-electron chi connectivity index (χ4n) is 4.56. The molecule has 2 aliphatic rings. The summed E-state index contributed by atoms with van der Waals surface area (Å²) in [7, 11) is 0. The molecule has 2 atom stereocenters. The predicted octanol–water partition coefficient (Wildman–Crippen LogP) is 0.773. The van der Waals surface area contributed by atoms with Gasteiger partial charge in [0.15, 0.2) is 0 Å². The van der Waals surface area contributed by atoms with E-state index in [0.717, 1.165) is 0 Å². The van der Waals surface area contributed by atoms with Crippen LogP contribution in [0.2, 0.25) is 0 Å². The second kappa shape index (κ2) is 6.40. The molecule has 31 heavy (non-hydrogen) atoms. The number of nitrogens with two attached hydrogens (primary N) is 2. The van der Waals surface area contributed by atoms with Crippen molar-refractivity contribution in [3.05, 3.63) is 57.9 Å². The Hall–Kier alpha value is -3.69. The number of fused-ring (bicyclic) bond motifs is 3. The van der Waals surface area contributed by atoms with E-state index in [1.165, 1.54) is 4.90 Å². The number of ketones is 2. The van der Waals surface area contributed by atoms with Crippen molar-refractivity contribution < 1.29 is 24.6 Å². The summed E-state index contributed by atoms with van der Waals surface area (Å²) in [5, 5.41) is 22.1. The van der Waals surface area contributed by atoms with Gasteiger partial charge in [0, 0.05) is 41.6 Å². The van der Waals surface area contributed by atoms with Crippen molar-refractivity contribution in [2.24, 2.45) is 11.5 Å². The summed E-state index contributed by atoms with van der Waals surface area (Å²) in [5.74, 6) is -2.63. The molecule has 3 aromatic rings. The Morgan fingerprint density at radius 1 is 0.968 bits per heavy atom. The monoisotopic (exact) mass is 420 g/mol. The van der Waals surface area contributed by atoms with Crippen LogP contribution in [0.3, 0.4) is 0 Å². The first-order valence-electron chi connectivity index (χ1n) is 9.81. The SMILES string of the molecule is Cc1[nH]c2c(c1C(=O)N1C[C@@H](N)[C@H](N)C1)C(=O)c1c(c(O)c3ccccc3c1O)C2=O. The van der Waals surface area contributed by atoms with Crippen LogP contribution >= 0.6 is 0 Å². The predicted molar refractivity (Wildman–Crippen MR) is 112 cm³/mol. The summed E-state index contributed by atoms with van der Waals surface area (Å²) in [6.07, 6.45) is 0. The number of aromatic nitrogens is 1. The number of hydrogen-bond donors (Lipinski definition) is 5. The van der Waals surface area contributed by atoms with Crippen molar-refractivity contribution in [2.75, 3.05) is 13.1 Å². The lowest BCUT2D eigenvalue weighted by Gasteiger charge is -2.21. The number of likely N-dealkylation sites (tertiary alicyclic amines) is 1. The van der Waals surface area contributed by atoms with Gasteiger partial charge in [-0.15, -0.1) is 0 Å². The fraction of sp³-hybridized carbons (Fsp3) is 0.227. The highest BCUT2D eigenvalue weighted by atomic mass is 16.3. The zero-order valence-electron chi connectivity index (χ0n) is 16.6. The number of aromatic amines is 1. The maximum atomic E-state index is 13.5. The lowest BCUT2D eigenvalue weighted by atomic mass is 9.83. The van der Waals surface area contributed by atoms with Gasteiger partial charge in [-0.25, -0.2) is 0 Å². The first-order valence-corrected chi connectivity index (χ1v) is 9.81. The second-order valence-corrected chi connectivity index (χ2v) is 8.06. The molecule has 1 aliphatic carbocycles. The van der Waals surface area contributed by atoms with Gasteiger partial charge in [-0.3, -0.25) is 14.4 Å². The normalized spacial score (nSPS) is 20.3. The molecule has 0 unspecified atom stereocenters. The number of phenols is 2. The van der Waals surface area contributed by atoms with Gasteiger partial charge in [0.05, 0.1) is 27.9 Å². The maximum absolute atomic E-state index is 13.5. The Morgan fingerprint density at radius 2 is 1.48 bits per heavy atom. The summed E-state index contributed by atoms with van der Waals surface area (Å²) in [6, 6.07) is 5.61. The molecule has 5 rings (SSSR count). The highest BCUT2D eigenvalue weighted by Gasteiger charge is 2.42. The van der Waals surface area contributed by atoms with Crippen LogP contribution < -0.4 is 11.5 Å². The number of amides is 1. The third kappa shape index (κ3) is 2.47. The summed E-state index contributed by atoms with van der Waals surface area (Å²) in [5.41, 5.74) is 11.5. The number of rotatable bonds is 1. The van der Waals surface area contributed by atoms with Crippen LogP contribution in [0.5, 0.6) is 11.5 Å². The summed E-state index contributed by atoms with van der Waals surface area (Å²) < 4.78 is 0. The lowest BCUT2D eigenvalue weighted by Crippen LogP contribution is -2.39. The Labute approximate surface area is 176 Å². The fourth-order valence-corrected chi connectivity index (χ4v) is 4.56. The number of H-pyrrole nitrogens is 1. The quantitative estimate of drug-likeness (QED) is 0.284. The van der Waals surface area contributed by atoms with Gasteiger partial charge in [0.25, 0.3) is 5.91 Å². The molecule has 7 N–H and O–H groups in total. The van der Waals surface area contributed by atoms with Crippen molar-refractivity contribution in [1.82, 2.24) is 9.88 Å². The van der Waals surface area contributed by atoms with E-state index in [9.17, 15) is 24.6 Å². The largest absolute Gasteiger partial charge is 0.506 e. The van der Waals surface area contributed by atoms with E-state index in [1.807, 2.05) is 0 Å². The first kappa shape index (κ1) is 19.3. The molecule has 158 valence electrons. The van der Waals surface area contributed by atoms with Crippen molar-refractivity contribution in [3.8, 4) is 11.5 Å². The molecule has 1 aromatic heterocycles. The van der Waals surface area contributed by atoms with Crippen molar-refractivity contribution >= 4 is 28.2 Å². The minimum absolute atomic E-state index is 0.0485. The van der Waals surface area contributed by atoms with Crippen LogP contribution in [-0.4, -0.2) is 62.7 Å². The Bertz CT molecular complexity index is 1320. The average Bonchev–Trinajstić information content (AvgIpc) is 3.27. The lowest BCUT2D eigenvalue weighted by molar-refractivity contribution is 0.0784.